The quantitative estimate of drug-likeness (QED) is 0.465. The standard InChI is InChI=1S/2C6H7.C2H6Si.Zr/c2*1-6-4-2-3-5-6;1-3-2;/h2*4-5H,2H2,1H3;1-2H3;/q2*-1;;+2. The summed E-state index contributed by atoms with van der Waals surface area (Å²) < 4.78 is 0. The van der Waals surface area contributed by atoms with E-state index in [0.717, 1.165) is 12.8 Å². The minimum atomic E-state index is 0.210. The molecular weight excluding hydrogens is 287 g/mol. The van der Waals surface area contributed by atoms with Crippen LogP contribution in [0.15, 0.2) is 35.5 Å². The molecule has 2 aliphatic rings. The number of allylic oxidation sites excluding steroid dienone is 8. The van der Waals surface area contributed by atoms with E-state index in [0.29, 0.717) is 0 Å². The molecule has 2 rings (SSSR count). The van der Waals surface area contributed by atoms with Crippen LogP contribution < -0.4 is 0 Å². The SMILES string of the molecule is CC1=CC[C-]=C1.CC1=CC[C-]=C1.C[Si](C)=[Zr+2]. The van der Waals surface area contributed by atoms with Gasteiger partial charge >= 0.3 is 41.9 Å². The molecule has 0 N–H and O–H groups in total. The van der Waals surface area contributed by atoms with E-state index in [-0.39, 0.29) is 5.43 Å². The van der Waals surface area contributed by atoms with Gasteiger partial charge < -0.3 is 0 Å². The molecule has 0 unspecified atom stereocenters. The summed E-state index contributed by atoms with van der Waals surface area (Å²) in [7, 11) is 0. The summed E-state index contributed by atoms with van der Waals surface area (Å²) in [6.07, 6.45) is 16.5. The first-order chi connectivity index (χ1) is 7.52. The average molecular weight is 308 g/mol. The van der Waals surface area contributed by atoms with Crippen LogP contribution in [0.2, 0.25) is 13.1 Å². The molecule has 0 spiro atoms. The van der Waals surface area contributed by atoms with Crippen LogP contribution in [0.25, 0.3) is 0 Å². The van der Waals surface area contributed by atoms with Gasteiger partial charge in [0.15, 0.2) is 0 Å². The maximum atomic E-state index is 3.05. The van der Waals surface area contributed by atoms with Crippen molar-refractivity contribution in [2.45, 2.75) is 39.8 Å². The fourth-order valence-corrected chi connectivity index (χ4v) is 0.998. The van der Waals surface area contributed by atoms with Crippen molar-refractivity contribution in [3.05, 3.63) is 47.6 Å². The molecule has 0 amide bonds. The zero-order valence-electron chi connectivity index (χ0n) is 10.7. The van der Waals surface area contributed by atoms with Crippen molar-refractivity contribution in [3.8, 4) is 0 Å². The van der Waals surface area contributed by atoms with Gasteiger partial charge in [0.1, 0.15) is 0 Å². The molecule has 0 aromatic carbocycles. The van der Waals surface area contributed by atoms with Crippen LogP contribution in [-0.4, -0.2) is 5.43 Å². The third-order valence-electron chi connectivity index (χ3n) is 1.74. The first kappa shape index (κ1) is 16.1. The van der Waals surface area contributed by atoms with Crippen LogP contribution in [0.5, 0.6) is 0 Å². The van der Waals surface area contributed by atoms with E-state index in [2.05, 4.69) is 51.2 Å². The molecule has 0 atom stereocenters. The molecule has 0 fully saturated rings. The zero-order valence-corrected chi connectivity index (χ0v) is 14.2. The molecule has 0 heterocycles. The summed E-state index contributed by atoms with van der Waals surface area (Å²) in [4.78, 5) is 0. The van der Waals surface area contributed by atoms with Crippen LogP contribution in [0, 0.1) is 12.2 Å². The van der Waals surface area contributed by atoms with E-state index >= 15 is 0 Å². The van der Waals surface area contributed by atoms with Crippen molar-refractivity contribution >= 4 is 5.43 Å². The van der Waals surface area contributed by atoms with Gasteiger partial charge in [0.05, 0.1) is 0 Å². The zero-order chi connectivity index (χ0) is 12.4. The van der Waals surface area contributed by atoms with Gasteiger partial charge in [-0.15, -0.1) is 26.7 Å². The first-order valence-electron chi connectivity index (χ1n) is 5.51. The molecule has 0 saturated heterocycles. The predicted molar refractivity (Wildman–Crippen MR) is 69.9 cm³/mol. The van der Waals surface area contributed by atoms with Crippen LogP contribution in [0.3, 0.4) is 0 Å². The molecule has 2 heteroatoms. The van der Waals surface area contributed by atoms with Gasteiger partial charge in [-0.05, 0) is 0 Å². The molecule has 0 aromatic rings. The Bertz CT molecular complexity index is 295. The van der Waals surface area contributed by atoms with Gasteiger partial charge in [-0.2, -0.15) is 12.2 Å². The van der Waals surface area contributed by atoms with Gasteiger partial charge in [0.25, 0.3) is 0 Å². The van der Waals surface area contributed by atoms with Crippen LogP contribution in [0.4, 0.5) is 0 Å². The van der Waals surface area contributed by atoms with Crippen LogP contribution >= 0.6 is 0 Å². The number of hydrogen-bond donors (Lipinski definition) is 0. The Kier molecular flexibility index (Phi) is 10.3. The summed E-state index contributed by atoms with van der Waals surface area (Å²) in [5.41, 5.74) is 2.90. The average Bonchev–Trinajstić information content (AvgIpc) is 2.78. The summed E-state index contributed by atoms with van der Waals surface area (Å²) in [5, 5.41) is 0. The molecule has 0 saturated carbocycles. The fourth-order valence-electron chi connectivity index (χ4n) is 0.998. The third kappa shape index (κ3) is 12.1. The summed E-state index contributed by atoms with van der Waals surface area (Å²) in [5.74, 6) is 0. The Morgan fingerprint density at radius 3 is 1.38 bits per heavy atom. The molecule has 0 nitrogen and oxygen atoms in total. The Morgan fingerprint density at radius 2 is 1.31 bits per heavy atom. The van der Waals surface area contributed by atoms with Crippen molar-refractivity contribution in [1.29, 1.82) is 0 Å². The minimum absolute atomic E-state index is 0.210. The Hall–Kier alpha value is 0.0600. The number of rotatable bonds is 0. The molecule has 0 aliphatic heterocycles. The third-order valence-corrected chi connectivity index (χ3v) is 1.74. The van der Waals surface area contributed by atoms with Crippen LogP contribution in [0.1, 0.15) is 26.7 Å². The second kappa shape index (κ2) is 10.2. The monoisotopic (exact) mass is 306 g/mol. The van der Waals surface area contributed by atoms with E-state index in [4.69, 9.17) is 0 Å². The van der Waals surface area contributed by atoms with Crippen molar-refractivity contribution in [2.24, 2.45) is 0 Å². The molecular formula is C14H20SiZr. The van der Waals surface area contributed by atoms with E-state index in [1.54, 1.807) is 23.3 Å². The Balaban J connectivity index is 0.000000217. The topological polar surface area (TPSA) is 0 Å². The van der Waals surface area contributed by atoms with Gasteiger partial charge in [0.2, 0.25) is 0 Å². The summed E-state index contributed by atoms with van der Waals surface area (Å²) in [6, 6.07) is 0. The Morgan fingerprint density at radius 1 is 1.00 bits per heavy atom. The van der Waals surface area contributed by atoms with E-state index in [9.17, 15) is 0 Å². The molecule has 0 aromatic heterocycles. The van der Waals surface area contributed by atoms with Crippen molar-refractivity contribution in [2.75, 3.05) is 0 Å². The summed E-state index contributed by atoms with van der Waals surface area (Å²) in [6.45, 7) is 8.78. The Labute approximate surface area is 116 Å². The van der Waals surface area contributed by atoms with E-state index in [1.165, 1.54) is 11.1 Å². The molecule has 84 valence electrons. The van der Waals surface area contributed by atoms with E-state index in [1.807, 2.05) is 12.2 Å². The fraction of sp³-hybridized carbons (Fsp3) is 0.429. The predicted octanol–water partition coefficient (Wildman–Crippen LogP) is 4.18. The van der Waals surface area contributed by atoms with Gasteiger partial charge in [-0.3, -0.25) is 12.2 Å². The molecule has 0 bridgehead atoms. The first-order valence-corrected chi connectivity index (χ1v) is 11.7. The van der Waals surface area contributed by atoms with Crippen molar-refractivity contribution < 1.29 is 23.3 Å². The van der Waals surface area contributed by atoms with Gasteiger partial charge in [-0.1, -0.05) is 0 Å². The molecule has 2 aliphatic carbocycles. The summed E-state index contributed by atoms with van der Waals surface area (Å²) >= 11 is 1.74. The van der Waals surface area contributed by atoms with Gasteiger partial charge in [0, 0.05) is 0 Å². The van der Waals surface area contributed by atoms with Crippen molar-refractivity contribution in [3.63, 3.8) is 0 Å². The second-order valence-corrected chi connectivity index (χ2v) is 13.4. The second-order valence-electron chi connectivity index (χ2n) is 4.00. The maximum absolute atomic E-state index is 3.05. The molecule has 16 heavy (non-hydrogen) atoms. The molecule has 0 radical (unpaired) electrons. The number of hydrogen-bond acceptors (Lipinski definition) is 0. The van der Waals surface area contributed by atoms with Crippen molar-refractivity contribution in [1.82, 2.24) is 0 Å². The van der Waals surface area contributed by atoms with Crippen LogP contribution in [-0.2, 0) is 23.3 Å². The van der Waals surface area contributed by atoms with Gasteiger partial charge in [-0.25, -0.2) is 23.3 Å². The normalized spacial score (nSPS) is 15.6. The van der Waals surface area contributed by atoms with E-state index < -0.39 is 0 Å².